The first-order valence-electron chi connectivity index (χ1n) is 9.52. The average Bonchev–Trinajstić information content (AvgIpc) is 3.22. The molecular formula is C22H18N4O4. The summed E-state index contributed by atoms with van der Waals surface area (Å²) in [5.74, 6) is 0.949. The number of benzene rings is 2. The molecule has 3 heterocycles. The molecule has 0 spiro atoms. The fraction of sp³-hybridized carbons (Fsp3) is 0.136. The zero-order valence-electron chi connectivity index (χ0n) is 15.9. The third-order valence-corrected chi connectivity index (χ3v) is 4.88. The first-order valence-corrected chi connectivity index (χ1v) is 9.52. The van der Waals surface area contributed by atoms with E-state index in [1.165, 1.54) is 16.8 Å². The Morgan fingerprint density at radius 1 is 1.07 bits per heavy atom. The Labute approximate surface area is 171 Å². The van der Waals surface area contributed by atoms with Crippen LogP contribution in [0.1, 0.15) is 15.9 Å². The molecule has 2 aromatic carbocycles. The smallest absolute Gasteiger partial charge is 0.273 e. The fourth-order valence-electron chi connectivity index (χ4n) is 3.37. The third kappa shape index (κ3) is 3.28. The molecule has 5 rings (SSSR count). The van der Waals surface area contributed by atoms with E-state index < -0.39 is 0 Å². The van der Waals surface area contributed by atoms with Crippen molar-refractivity contribution in [2.24, 2.45) is 0 Å². The maximum atomic E-state index is 12.7. The zero-order valence-corrected chi connectivity index (χ0v) is 15.9. The van der Waals surface area contributed by atoms with Gasteiger partial charge in [-0.15, -0.1) is 0 Å². The molecule has 8 nitrogen and oxygen atoms in total. The monoisotopic (exact) mass is 402 g/mol. The summed E-state index contributed by atoms with van der Waals surface area (Å²) in [5.41, 5.74) is 2.38. The van der Waals surface area contributed by atoms with Crippen molar-refractivity contribution in [3.63, 3.8) is 0 Å². The van der Waals surface area contributed by atoms with Crippen LogP contribution in [-0.2, 0) is 6.54 Å². The molecule has 1 amide bonds. The van der Waals surface area contributed by atoms with Gasteiger partial charge in [0.05, 0.1) is 5.69 Å². The van der Waals surface area contributed by atoms with E-state index in [9.17, 15) is 9.59 Å². The molecule has 0 saturated heterocycles. The topological polar surface area (TPSA) is 97.7 Å². The first kappa shape index (κ1) is 18.0. The zero-order chi connectivity index (χ0) is 20.5. The van der Waals surface area contributed by atoms with Crippen LogP contribution in [0.5, 0.6) is 11.5 Å². The lowest BCUT2D eigenvalue weighted by Crippen LogP contribution is -2.23. The van der Waals surface area contributed by atoms with Crippen LogP contribution in [0.15, 0.2) is 65.6 Å². The van der Waals surface area contributed by atoms with Gasteiger partial charge in [0.25, 0.3) is 11.5 Å². The molecule has 0 atom stereocenters. The third-order valence-electron chi connectivity index (χ3n) is 4.88. The molecule has 2 N–H and O–H groups in total. The Balaban J connectivity index is 1.49. The van der Waals surface area contributed by atoms with Crippen molar-refractivity contribution in [3.8, 4) is 22.8 Å². The average molecular weight is 402 g/mol. The Kier molecular flexibility index (Phi) is 4.44. The summed E-state index contributed by atoms with van der Waals surface area (Å²) < 4.78 is 12.4. The SMILES string of the molecule is O=C(NCc1ccccc1)c1c[nH]n2c(=O)cc(-c3ccc4c(c3)OCCO4)nc12. The van der Waals surface area contributed by atoms with Crippen molar-refractivity contribution in [2.75, 3.05) is 13.2 Å². The van der Waals surface area contributed by atoms with Gasteiger partial charge in [0, 0.05) is 24.4 Å². The first-order chi connectivity index (χ1) is 14.7. The molecule has 2 aromatic heterocycles. The largest absolute Gasteiger partial charge is 0.486 e. The van der Waals surface area contributed by atoms with Crippen LogP contribution in [0.3, 0.4) is 0 Å². The number of aromatic nitrogens is 3. The van der Waals surface area contributed by atoms with Gasteiger partial charge in [-0.2, -0.15) is 0 Å². The summed E-state index contributed by atoms with van der Waals surface area (Å²) in [6.07, 6.45) is 1.48. The second-order valence-electron chi connectivity index (χ2n) is 6.85. The Morgan fingerprint density at radius 2 is 1.87 bits per heavy atom. The van der Waals surface area contributed by atoms with Crippen LogP contribution in [0.2, 0.25) is 0 Å². The lowest BCUT2D eigenvalue weighted by molar-refractivity contribution is 0.0952. The summed E-state index contributed by atoms with van der Waals surface area (Å²) in [4.78, 5) is 29.9. The summed E-state index contributed by atoms with van der Waals surface area (Å²) in [6.45, 7) is 1.35. The van der Waals surface area contributed by atoms with Crippen molar-refractivity contribution < 1.29 is 14.3 Å². The highest BCUT2D eigenvalue weighted by Gasteiger charge is 2.18. The molecule has 0 radical (unpaired) electrons. The second-order valence-corrected chi connectivity index (χ2v) is 6.85. The Hall–Kier alpha value is -4.07. The van der Waals surface area contributed by atoms with Crippen molar-refractivity contribution in [1.82, 2.24) is 19.9 Å². The molecule has 0 bridgehead atoms. The van der Waals surface area contributed by atoms with Crippen LogP contribution < -0.4 is 20.3 Å². The molecule has 0 saturated carbocycles. The van der Waals surface area contributed by atoms with Crippen LogP contribution in [0.25, 0.3) is 16.9 Å². The van der Waals surface area contributed by atoms with Gasteiger partial charge in [-0.25, -0.2) is 9.50 Å². The molecule has 4 aromatic rings. The van der Waals surface area contributed by atoms with E-state index in [1.807, 2.05) is 36.4 Å². The standard InChI is InChI=1S/C22H18N4O4/c27-20-11-17(15-6-7-18-19(10-15)30-9-8-29-18)25-21-16(13-24-26(20)21)22(28)23-12-14-4-2-1-3-5-14/h1-7,10-11,13,24H,8-9,12H2,(H,23,28). The molecule has 150 valence electrons. The van der Waals surface area contributed by atoms with Gasteiger partial charge >= 0.3 is 0 Å². The highest BCUT2D eigenvalue weighted by atomic mass is 16.6. The minimum Gasteiger partial charge on any atom is -0.486 e. The molecule has 0 fully saturated rings. The number of H-pyrrole nitrogens is 1. The number of rotatable bonds is 4. The summed E-state index contributed by atoms with van der Waals surface area (Å²) in [6, 6.07) is 16.4. The minimum atomic E-state index is -0.316. The number of nitrogens with one attached hydrogen (secondary N) is 2. The number of hydrogen-bond donors (Lipinski definition) is 2. The van der Waals surface area contributed by atoms with Crippen LogP contribution in [-0.4, -0.2) is 33.7 Å². The predicted octanol–water partition coefficient (Wildman–Crippen LogP) is 2.39. The molecule has 1 aliphatic heterocycles. The number of hydrogen-bond acceptors (Lipinski definition) is 5. The lowest BCUT2D eigenvalue weighted by Gasteiger charge is -2.18. The van der Waals surface area contributed by atoms with Crippen molar-refractivity contribution >= 4 is 11.6 Å². The van der Waals surface area contributed by atoms with Gasteiger partial charge in [0.1, 0.15) is 18.8 Å². The lowest BCUT2D eigenvalue weighted by atomic mass is 10.1. The normalized spacial score (nSPS) is 12.7. The van der Waals surface area contributed by atoms with Gasteiger partial charge < -0.3 is 14.8 Å². The van der Waals surface area contributed by atoms with Crippen molar-refractivity contribution in [2.45, 2.75) is 6.54 Å². The molecule has 8 heteroatoms. The van der Waals surface area contributed by atoms with Crippen molar-refractivity contribution in [3.05, 3.63) is 82.3 Å². The fourth-order valence-corrected chi connectivity index (χ4v) is 3.37. The maximum absolute atomic E-state index is 12.7. The van der Waals surface area contributed by atoms with E-state index in [0.29, 0.717) is 48.1 Å². The Bertz CT molecular complexity index is 1290. The van der Waals surface area contributed by atoms with Gasteiger partial charge in [0.2, 0.25) is 0 Å². The van der Waals surface area contributed by atoms with E-state index in [2.05, 4.69) is 15.4 Å². The minimum absolute atomic E-state index is 0.262. The molecule has 0 aliphatic carbocycles. The second kappa shape index (κ2) is 7.40. The number of carbonyl (C=O) groups excluding carboxylic acids is 1. The van der Waals surface area contributed by atoms with Crippen LogP contribution in [0, 0.1) is 0 Å². The van der Waals surface area contributed by atoms with Crippen molar-refractivity contribution in [1.29, 1.82) is 0 Å². The number of ether oxygens (including phenoxy) is 2. The highest BCUT2D eigenvalue weighted by molar-refractivity contribution is 5.99. The quantitative estimate of drug-likeness (QED) is 0.546. The number of amides is 1. The molecule has 1 aliphatic rings. The Morgan fingerprint density at radius 3 is 2.70 bits per heavy atom. The predicted molar refractivity (Wildman–Crippen MR) is 110 cm³/mol. The van der Waals surface area contributed by atoms with Gasteiger partial charge in [-0.05, 0) is 23.8 Å². The number of aromatic amines is 1. The van der Waals surface area contributed by atoms with Crippen LogP contribution >= 0.6 is 0 Å². The van der Waals surface area contributed by atoms with E-state index in [-0.39, 0.29) is 17.1 Å². The van der Waals surface area contributed by atoms with E-state index >= 15 is 0 Å². The van der Waals surface area contributed by atoms with Gasteiger partial charge in [-0.3, -0.25) is 14.7 Å². The van der Waals surface area contributed by atoms with E-state index in [1.54, 1.807) is 12.1 Å². The van der Waals surface area contributed by atoms with Gasteiger partial charge in [0.15, 0.2) is 17.1 Å². The number of nitrogens with zero attached hydrogens (tertiary/aromatic N) is 2. The van der Waals surface area contributed by atoms with E-state index in [0.717, 1.165) is 5.56 Å². The van der Waals surface area contributed by atoms with Crippen LogP contribution in [0.4, 0.5) is 0 Å². The molecule has 30 heavy (non-hydrogen) atoms. The summed E-state index contributed by atoms with van der Waals surface area (Å²) in [5, 5.41) is 5.66. The summed E-state index contributed by atoms with van der Waals surface area (Å²) in [7, 11) is 0. The van der Waals surface area contributed by atoms with E-state index in [4.69, 9.17) is 9.47 Å². The number of carbonyl (C=O) groups is 1. The maximum Gasteiger partial charge on any atom is 0.273 e. The molecular weight excluding hydrogens is 384 g/mol. The highest BCUT2D eigenvalue weighted by Crippen LogP contribution is 2.33. The van der Waals surface area contributed by atoms with Gasteiger partial charge in [-0.1, -0.05) is 30.3 Å². The summed E-state index contributed by atoms with van der Waals surface area (Å²) >= 11 is 0. The number of fused-ring (bicyclic) bond motifs is 2. The molecule has 0 unspecified atom stereocenters.